The van der Waals surface area contributed by atoms with Crippen LogP contribution in [0.2, 0.25) is 5.02 Å². The second-order valence-electron chi connectivity index (χ2n) is 8.72. The highest BCUT2D eigenvalue weighted by Crippen LogP contribution is 2.39. The molecule has 0 aliphatic rings. The minimum atomic E-state index is -0.405. The van der Waals surface area contributed by atoms with Crippen LogP contribution in [0.15, 0.2) is 102 Å². The first-order valence-electron chi connectivity index (χ1n) is 12.0. The summed E-state index contributed by atoms with van der Waals surface area (Å²) in [6.45, 7) is 2.48. The highest BCUT2D eigenvalue weighted by Gasteiger charge is 2.16. The van der Waals surface area contributed by atoms with Crippen LogP contribution in [0.3, 0.4) is 0 Å². The molecule has 0 spiro atoms. The number of nitro benzene ring substituents is 1. The van der Waals surface area contributed by atoms with Crippen molar-refractivity contribution in [1.29, 1.82) is 0 Å². The molecule has 4 aromatic carbocycles. The Hall–Kier alpha value is -4.53. The standard InChI is InChI=1S/C30H23ClN4O3S/c1-20-2-8-23(9-3-20)28-29(24-10-14-26(15-11-24)35(36)37)39-30(33-28)34-32-18-21-6-16-27(17-7-21)38-19-22-4-12-25(31)13-5-22/h2-18H,19H2,1H3,(H,33,34)/b32-18-. The summed E-state index contributed by atoms with van der Waals surface area (Å²) in [6, 6.07) is 29.8. The predicted molar refractivity (Wildman–Crippen MR) is 158 cm³/mol. The molecule has 0 atom stereocenters. The molecule has 0 bridgehead atoms. The van der Waals surface area contributed by atoms with E-state index >= 15 is 0 Å². The highest BCUT2D eigenvalue weighted by atomic mass is 35.5. The van der Waals surface area contributed by atoms with E-state index in [1.807, 2.05) is 79.7 Å². The van der Waals surface area contributed by atoms with Crippen molar-refractivity contribution in [3.8, 4) is 27.4 Å². The molecule has 0 amide bonds. The van der Waals surface area contributed by atoms with Gasteiger partial charge in [0.2, 0.25) is 5.13 Å². The molecule has 0 radical (unpaired) electrons. The van der Waals surface area contributed by atoms with Crippen molar-refractivity contribution in [3.63, 3.8) is 0 Å². The van der Waals surface area contributed by atoms with Gasteiger partial charge in [0.25, 0.3) is 5.69 Å². The number of aryl methyl sites for hydroxylation is 1. The fourth-order valence-electron chi connectivity index (χ4n) is 3.76. The Morgan fingerprint density at radius 2 is 1.62 bits per heavy atom. The maximum atomic E-state index is 11.1. The van der Waals surface area contributed by atoms with Gasteiger partial charge in [-0.3, -0.25) is 15.5 Å². The Kier molecular flexibility index (Phi) is 7.96. The Labute approximate surface area is 234 Å². The lowest BCUT2D eigenvalue weighted by Crippen LogP contribution is -1.95. The molecule has 5 rings (SSSR count). The number of ether oxygens (including phenoxy) is 1. The number of thiazole rings is 1. The van der Waals surface area contributed by atoms with Gasteiger partial charge in [-0.15, -0.1) is 0 Å². The molecule has 0 fully saturated rings. The summed E-state index contributed by atoms with van der Waals surface area (Å²) >= 11 is 7.36. The molecule has 0 aliphatic carbocycles. The number of benzene rings is 4. The van der Waals surface area contributed by atoms with E-state index in [1.165, 1.54) is 23.5 Å². The molecule has 1 N–H and O–H groups in total. The fourth-order valence-corrected chi connectivity index (χ4v) is 4.83. The molecular weight excluding hydrogens is 532 g/mol. The average molecular weight is 555 g/mol. The summed E-state index contributed by atoms with van der Waals surface area (Å²) in [5.41, 5.74) is 8.74. The number of hydrazone groups is 1. The number of anilines is 1. The van der Waals surface area contributed by atoms with E-state index < -0.39 is 4.92 Å². The second-order valence-corrected chi connectivity index (χ2v) is 10.2. The number of nitro groups is 1. The van der Waals surface area contributed by atoms with Crippen LogP contribution in [0.25, 0.3) is 21.7 Å². The van der Waals surface area contributed by atoms with Gasteiger partial charge in [0, 0.05) is 22.7 Å². The smallest absolute Gasteiger partial charge is 0.269 e. The Bertz CT molecular complexity index is 1600. The van der Waals surface area contributed by atoms with E-state index in [4.69, 9.17) is 21.3 Å². The minimum Gasteiger partial charge on any atom is -0.489 e. The Morgan fingerprint density at radius 1 is 0.949 bits per heavy atom. The molecule has 0 saturated heterocycles. The predicted octanol–water partition coefficient (Wildman–Crippen LogP) is 8.37. The van der Waals surface area contributed by atoms with Crippen LogP contribution in [0.1, 0.15) is 16.7 Å². The minimum absolute atomic E-state index is 0.0458. The molecule has 9 heteroatoms. The Balaban J connectivity index is 1.30. The van der Waals surface area contributed by atoms with Crippen molar-refractivity contribution < 1.29 is 9.66 Å². The number of rotatable bonds is 9. The zero-order valence-electron chi connectivity index (χ0n) is 20.9. The molecule has 194 valence electrons. The van der Waals surface area contributed by atoms with Crippen LogP contribution in [0.4, 0.5) is 10.8 Å². The van der Waals surface area contributed by atoms with E-state index in [2.05, 4.69) is 10.5 Å². The molecule has 1 aromatic heterocycles. The first kappa shape index (κ1) is 26.1. The zero-order valence-corrected chi connectivity index (χ0v) is 22.4. The van der Waals surface area contributed by atoms with Gasteiger partial charge in [0.1, 0.15) is 12.4 Å². The van der Waals surface area contributed by atoms with E-state index in [1.54, 1.807) is 18.3 Å². The van der Waals surface area contributed by atoms with Gasteiger partial charge in [0.05, 0.1) is 21.7 Å². The molecule has 0 saturated carbocycles. The van der Waals surface area contributed by atoms with E-state index in [0.29, 0.717) is 16.8 Å². The Morgan fingerprint density at radius 3 is 2.28 bits per heavy atom. The van der Waals surface area contributed by atoms with Gasteiger partial charge in [-0.05, 0) is 72.1 Å². The third-order valence-corrected chi connectivity index (χ3v) is 7.13. The highest BCUT2D eigenvalue weighted by molar-refractivity contribution is 7.19. The number of hydrogen-bond acceptors (Lipinski definition) is 7. The third kappa shape index (κ3) is 6.67. The monoisotopic (exact) mass is 554 g/mol. The quantitative estimate of drug-likeness (QED) is 0.112. The number of nitrogens with one attached hydrogen (secondary N) is 1. The van der Waals surface area contributed by atoms with Gasteiger partial charge in [-0.1, -0.05) is 64.9 Å². The molecule has 0 unspecified atom stereocenters. The van der Waals surface area contributed by atoms with Crippen LogP contribution in [0.5, 0.6) is 5.75 Å². The van der Waals surface area contributed by atoms with Crippen molar-refractivity contribution in [3.05, 3.63) is 129 Å². The van der Waals surface area contributed by atoms with Crippen molar-refractivity contribution >= 4 is 40.0 Å². The molecule has 5 aromatic rings. The van der Waals surface area contributed by atoms with E-state index in [0.717, 1.165) is 44.1 Å². The second kappa shape index (κ2) is 11.9. The lowest BCUT2D eigenvalue weighted by molar-refractivity contribution is -0.384. The SMILES string of the molecule is Cc1ccc(-c2nc(N/N=C\c3ccc(OCc4ccc(Cl)cc4)cc3)sc2-c2ccc([N+](=O)[O-])cc2)cc1. The first-order valence-corrected chi connectivity index (χ1v) is 13.2. The number of hydrogen-bond donors (Lipinski definition) is 1. The number of halogens is 1. The molecule has 0 aliphatic heterocycles. The van der Waals surface area contributed by atoms with Crippen molar-refractivity contribution in [2.75, 3.05) is 5.43 Å². The number of aromatic nitrogens is 1. The van der Waals surface area contributed by atoms with Crippen LogP contribution in [-0.2, 0) is 6.61 Å². The fraction of sp³-hybridized carbons (Fsp3) is 0.0667. The lowest BCUT2D eigenvalue weighted by Gasteiger charge is -2.06. The summed E-state index contributed by atoms with van der Waals surface area (Å²) in [6.07, 6.45) is 1.71. The maximum absolute atomic E-state index is 11.1. The van der Waals surface area contributed by atoms with Crippen molar-refractivity contribution in [2.45, 2.75) is 13.5 Å². The molecule has 39 heavy (non-hydrogen) atoms. The van der Waals surface area contributed by atoms with Gasteiger partial charge < -0.3 is 4.74 Å². The summed E-state index contributed by atoms with van der Waals surface area (Å²) in [7, 11) is 0. The van der Waals surface area contributed by atoms with Crippen LogP contribution < -0.4 is 10.2 Å². The van der Waals surface area contributed by atoms with Gasteiger partial charge in [-0.25, -0.2) is 4.98 Å². The summed E-state index contributed by atoms with van der Waals surface area (Å²) < 4.78 is 5.84. The van der Waals surface area contributed by atoms with Crippen LogP contribution >= 0.6 is 22.9 Å². The normalized spacial score (nSPS) is 11.0. The van der Waals surface area contributed by atoms with Gasteiger partial charge >= 0.3 is 0 Å². The van der Waals surface area contributed by atoms with Crippen LogP contribution in [-0.4, -0.2) is 16.1 Å². The topological polar surface area (TPSA) is 89.7 Å². The molecule has 7 nitrogen and oxygen atoms in total. The van der Waals surface area contributed by atoms with Crippen LogP contribution in [0, 0.1) is 17.0 Å². The summed E-state index contributed by atoms with van der Waals surface area (Å²) in [4.78, 5) is 16.4. The van der Waals surface area contributed by atoms with E-state index in [-0.39, 0.29) is 5.69 Å². The maximum Gasteiger partial charge on any atom is 0.269 e. The van der Waals surface area contributed by atoms with Crippen molar-refractivity contribution in [1.82, 2.24) is 4.98 Å². The largest absolute Gasteiger partial charge is 0.489 e. The lowest BCUT2D eigenvalue weighted by atomic mass is 10.1. The number of non-ortho nitro benzene ring substituents is 1. The van der Waals surface area contributed by atoms with Gasteiger partial charge in [-0.2, -0.15) is 5.10 Å². The first-order chi connectivity index (χ1) is 18.9. The zero-order chi connectivity index (χ0) is 27.2. The molecular formula is C30H23ClN4O3S. The molecule has 1 heterocycles. The van der Waals surface area contributed by atoms with E-state index in [9.17, 15) is 10.1 Å². The van der Waals surface area contributed by atoms with Crippen molar-refractivity contribution in [2.24, 2.45) is 5.10 Å². The average Bonchev–Trinajstić information content (AvgIpc) is 3.38. The van der Waals surface area contributed by atoms with Gasteiger partial charge in [0.15, 0.2) is 0 Å². The summed E-state index contributed by atoms with van der Waals surface area (Å²) in [5.74, 6) is 0.755. The third-order valence-electron chi connectivity index (χ3n) is 5.87. The number of nitrogens with zero attached hydrogens (tertiary/aromatic N) is 3. The summed E-state index contributed by atoms with van der Waals surface area (Å²) in [5, 5.41) is 16.8.